The number of carbonyl (C=O) groups is 3. The van der Waals surface area contributed by atoms with E-state index in [0.717, 1.165) is 59.0 Å². The van der Waals surface area contributed by atoms with E-state index in [-0.39, 0.29) is 11.9 Å². The van der Waals surface area contributed by atoms with Crippen LogP contribution in [0.3, 0.4) is 0 Å². The summed E-state index contributed by atoms with van der Waals surface area (Å²) in [5, 5.41) is 6.44. The van der Waals surface area contributed by atoms with Gasteiger partial charge in [0.2, 0.25) is 0 Å². The first-order valence-electron chi connectivity index (χ1n) is 15.2. The van der Waals surface area contributed by atoms with E-state index in [2.05, 4.69) is 32.3 Å². The van der Waals surface area contributed by atoms with Gasteiger partial charge in [0.05, 0.1) is 46.8 Å². The van der Waals surface area contributed by atoms with E-state index in [9.17, 15) is 9.59 Å². The minimum Gasteiger partial charge on any atom is -0.497 e. The second-order valence-electron chi connectivity index (χ2n) is 10.9. The zero-order chi connectivity index (χ0) is 33.5. The third-order valence-corrected chi connectivity index (χ3v) is 7.71. The van der Waals surface area contributed by atoms with Crippen LogP contribution in [-0.4, -0.2) is 80.7 Å². The van der Waals surface area contributed by atoms with Crippen molar-refractivity contribution in [1.82, 2.24) is 19.7 Å². The van der Waals surface area contributed by atoms with Gasteiger partial charge >= 0.3 is 5.97 Å². The summed E-state index contributed by atoms with van der Waals surface area (Å²) in [6, 6.07) is 13.5. The molecular formula is C34H45N6O6+. The van der Waals surface area contributed by atoms with Gasteiger partial charge in [-0.05, 0) is 73.7 Å². The number of aryl methyl sites for hydroxylation is 1. The lowest BCUT2D eigenvalue weighted by atomic mass is 9.98. The predicted octanol–water partition coefficient (Wildman–Crippen LogP) is 3.47. The molecule has 46 heavy (non-hydrogen) atoms. The third-order valence-electron chi connectivity index (χ3n) is 7.71. The summed E-state index contributed by atoms with van der Waals surface area (Å²) in [5.74, 6) is 1.62. The van der Waals surface area contributed by atoms with Gasteiger partial charge in [-0.3, -0.25) is 14.0 Å². The average Bonchev–Trinajstić information content (AvgIpc) is 3.51. The number of imidazole rings is 1. The molecule has 12 heteroatoms. The highest BCUT2D eigenvalue weighted by atomic mass is 16.5. The van der Waals surface area contributed by atoms with E-state index in [0.29, 0.717) is 42.5 Å². The standard InChI is InChI=1S/C32H40N6O4.C2H4O2/c1-6-23(14-17-37(3)21-29(39)42-5)13-15-34-32(40)27-12-9-25(19-22(27)2)36-30-31-35-20-28(38(31)18-16-33-30)24-7-10-26(41-4)11-8-24;1-4-2-3/h7-12,16,18-20,23H,6,13-15,17,21H2,1-5H3,(H,33,36)(H,34,40);2H,1H3/p+1. The predicted molar refractivity (Wildman–Crippen MR) is 176 cm³/mol. The summed E-state index contributed by atoms with van der Waals surface area (Å²) < 4.78 is 15.9. The van der Waals surface area contributed by atoms with Gasteiger partial charge in [-0.2, -0.15) is 0 Å². The minimum atomic E-state index is -0.196. The number of esters is 1. The van der Waals surface area contributed by atoms with Crippen molar-refractivity contribution >= 4 is 35.5 Å². The fraction of sp³-hybridized carbons (Fsp3) is 0.382. The number of hydrogen-bond donors (Lipinski definition) is 3. The van der Waals surface area contributed by atoms with Crippen molar-refractivity contribution in [2.24, 2.45) is 5.92 Å². The molecule has 12 nitrogen and oxygen atoms in total. The number of nitrogens with one attached hydrogen (secondary N) is 3. The summed E-state index contributed by atoms with van der Waals surface area (Å²) in [6.07, 6.45) is 8.36. The number of rotatable bonds is 15. The van der Waals surface area contributed by atoms with Crippen molar-refractivity contribution in [2.75, 3.05) is 53.3 Å². The molecule has 3 N–H and O–H groups in total. The number of anilines is 2. The van der Waals surface area contributed by atoms with E-state index in [1.807, 2.05) is 73.2 Å². The number of fused-ring (bicyclic) bond motifs is 1. The Kier molecular flexibility index (Phi) is 14.0. The Hall–Kier alpha value is -4.97. The van der Waals surface area contributed by atoms with Crippen LogP contribution in [0, 0.1) is 12.8 Å². The van der Waals surface area contributed by atoms with Crippen LogP contribution in [0.5, 0.6) is 5.75 Å². The highest BCUT2D eigenvalue weighted by Gasteiger charge is 2.16. The number of hydrogen-bond acceptors (Lipinski definition) is 9. The van der Waals surface area contributed by atoms with Gasteiger partial charge in [0.15, 0.2) is 18.0 Å². The Bertz CT molecular complexity index is 1570. The Balaban J connectivity index is 0.00000136. The first-order valence-corrected chi connectivity index (χ1v) is 15.2. The maximum Gasteiger partial charge on any atom is 0.361 e. The molecule has 246 valence electrons. The van der Waals surface area contributed by atoms with E-state index in [1.165, 1.54) is 14.2 Å². The van der Waals surface area contributed by atoms with Crippen molar-refractivity contribution in [3.8, 4) is 17.0 Å². The van der Waals surface area contributed by atoms with Crippen molar-refractivity contribution in [2.45, 2.75) is 33.1 Å². The fourth-order valence-corrected chi connectivity index (χ4v) is 5.01. The molecule has 2 aromatic carbocycles. The van der Waals surface area contributed by atoms with Crippen LogP contribution in [0.25, 0.3) is 16.9 Å². The molecular weight excluding hydrogens is 588 g/mol. The molecule has 2 atom stereocenters. The summed E-state index contributed by atoms with van der Waals surface area (Å²) in [6.45, 7) is 6.33. The zero-order valence-corrected chi connectivity index (χ0v) is 27.5. The molecule has 0 fully saturated rings. The maximum atomic E-state index is 13.0. The molecule has 1 amide bonds. The summed E-state index contributed by atoms with van der Waals surface area (Å²) >= 11 is 0. The molecule has 0 bridgehead atoms. The van der Waals surface area contributed by atoms with Crippen LogP contribution in [-0.2, 0) is 19.1 Å². The Morgan fingerprint density at radius 2 is 1.80 bits per heavy atom. The molecule has 0 saturated carbocycles. The van der Waals surface area contributed by atoms with Crippen molar-refractivity contribution in [1.29, 1.82) is 0 Å². The van der Waals surface area contributed by atoms with Gasteiger partial charge in [0.25, 0.3) is 12.4 Å². The number of ether oxygens (including phenoxy) is 3. The molecule has 0 saturated heterocycles. The lowest BCUT2D eigenvalue weighted by Crippen LogP contribution is -3.10. The molecule has 2 heterocycles. The largest absolute Gasteiger partial charge is 0.497 e. The van der Waals surface area contributed by atoms with Crippen LogP contribution in [0.1, 0.15) is 42.1 Å². The first kappa shape index (κ1) is 35.5. The first-order chi connectivity index (χ1) is 22.2. The van der Waals surface area contributed by atoms with Crippen LogP contribution in [0.2, 0.25) is 0 Å². The van der Waals surface area contributed by atoms with Gasteiger partial charge in [-0.1, -0.05) is 13.3 Å². The molecule has 4 aromatic rings. The monoisotopic (exact) mass is 633 g/mol. The normalized spacial score (nSPS) is 11.9. The Morgan fingerprint density at radius 1 is 1.07 bits per heavy atom. The number of quaternary nitrogens is 1. The van der Waals surface area contributed by atoms with E-state index < -0.39 is 0 Å². The van der Waals surface area contributed by atoms with Crippen molar-refractivity contribution in [3.63, 3.8) is 0 Å². The number of benzene rings is 2. The maximum absolute atomic E-state index is 13.0. The zero-order valence-electron chi connectivity index (χ0n) is 27.5. The summed E-state index contributed by atoms with van der Waals surface area (Å²) in [4.78, 5) is 43.6. The molecule has 0 aliphatic carbocycles. The van der Waals surface area contributed by atoms with Crippen LogP contribution in [0.4, 0.5) is 11.5 Å². The fourth-order valence-electron chi connectivity index (χ4n) is 5.01. The lowest BCUT2D eigenvalue weighted by Gasteiger charge is -2.18. The lowest BCUT2D eigenvalue weighted by molar-refractivity contribution is -0.872. The number of nitrogens with zero attached hydrogens (tertiary/aromatic N) is 3. The number of methoxy groups -OCH3 is 3. The number of amides is 1. The molecule has 0 aliphatic rings. The molecule has 4 rings (SSSR count). The number of aromatic nitrogens is 3. The summed E-state index contributed by atoms with van der Waals surface area (Å²) in [5.41, 5.74) is 5.00. The summed E-state index contributed by atoms with van der Waals surface area (Å²) in [7, 11) is 6.37. The van der Waals surface area contributed by atoms with Crippen LogP contribution >= 0.6 is 0 Å². The number of carbonyl (C=O) groups excluding carboxylic acids is 3. The quantitative estimate of drug-likeness (QED) is 0.133. The van der Waals surface area contributed by atoms with E-state index >= 15 is 0 Å². The third kappa shape index (κ3) is 10.0. The highest BCUT2D eigenvalue weighted by Crippen LogP contribution is 2.27. The Morgan fingerprint density at radius 3 is 2.43 bits per heavy atom. The van der Waals surface area contributed by atoms with E-state index in [4.69, 9.17) is 14.3 Å². The van der Waals surface area contributed by atoms with Crippen LogP contribution in [0.15, 0.2) is 61.1 Å². The van der Waals surface area contributed by atoms with E-state index in [1.54, 1.807) is 13.3 Å². The van der Waals surface area contributed by atoms with Crippen molar-refractivity contribution < 1.29 is 33.5 Å². The van der Waals surface area contributed by atoms with Gasteiger partial charge in [-0.25, -0.2) is 14.8 Å². The Labute approximate surface area is 270 Å². The molecule has 0 aliphatic heterocycles. The number of likely N-dealkylation sites (N-methyl/N-ethyl adjacent to an activating group) is 1. The smallest absolute Gasteiger partial charge is 0.361 e. The highest BCUT2D eigenvalue weighted by molar-refractivity contribution is 5.96. The second-order valence-corrected chi connectivity index (χ2v) is 10.9. The molecule has 2 unspecified atom stereocenters. The van der Waals surface area contributed by atoms with Crippen molar-refractivity contribution in [3.05, 3.63) is 72.2 Å². The van der Waals surface area contributed by atoms with Crippen LogP contribution < -0.4 is 20.3 Å². The SMILES string of the molecule is CCC(CCNC(=O)c1ccc(Nc2nccn3c(-c4ccc(OC)cc4)cnc23)cc1C)CC[NH+](C)CC(=O)OC.COC=O. The van der Waals surface area contributed by atoms with Gasteiger partial charge < -0.3 is 29.7 Å². The second kappa shape index (κ2) is 18.1. The molecule has 0 radical (unpaired) electrons. The molecule has 2 aromatic heterocycles. The topological polar surface area (TPSA) is 138 Å². The van der Waals surface area contributed by atoms with Gasteiger partial charge in [0, 0.05) is 35.8 Å². The average molecular weight is 634 g/mol. The molecule has 0 spiro atoms. The van der Waals surface area contributed by atoms with Gasteiger partial charge in [0.1, 0.15) is 5.75 Å². The minimum absolute atomic E-state index is 0.0834. The van der Waals surface area contributed by atoms with Gasteiger partial charge in [-0.15, -0.1) is 0 Å².